The van der Waals surface area contributed by atoms with E-state index in [1.807, 2.05) is 30.0 Å². The van der Waals surface area contributed by atoms with E-state index in [9.17, 15) is 9.90 Å². The predicted molar refractivity (Wildman–Crippen MR) is 74.7 cm³/mol. The zero-order valence-corrected chi connectivity index (χ0v) is 11.8. The van der Waals surface area contributed by atoms with Gasteiger partial charge in [-0.25, -0.2) is 0 Å². The van der Waals surface area contributed by atoms with E-state index in [4.69, 9.17) is 9.84 Å². The lowest BCUT2D eigenvalue weighted by Gasteiger charge is -2.25. The molecule has 110 valence electrons. The van der Waals surface area contributed by atoms with Crippen LogP contribution in [0.4, 0.5) is 0 Å². The SMILES string of the molecule is COc1cccc(C(O)CN2CCC(C(=O)O)C2C)c1. The molecule has 2 N–H and O–H groups in total. The van der Waals surface area contributed by atoms with Crippen LogP contribution in [0, 0.1) is 5.92 Å². The van der Waals surface area contributed by atoms with Crippen molar-refractivity contribution in [2.75, 3.05) is 20.2 Å². The van der Waals surface area contributed by atoms with Gasteiger partial charge in [-0.15, -0.1) is 0 Å². The van der Waals surface area contributed by atoms with Crippen molar-refractivity contribution in [3.63, 3.8) is 0 Å². The Morgan fingerprint density at radius 1 is 1.55 bits per heavy atom. The van der Waals surface area contributed by atoms with Crippen LogP contribution in [-0.4, -0.2) is 47.3 Å². The summed E-state index contributed by atoms with van der Waals surface area (Å²) in [5.74, 6) is -0.386. The van der Waals surface area contributed by atoms with Crippen molar-refractivity contribution >= 4 is 5.97 Å². The van der Waals surface area contributed by atoms with Crippen LogP contribution in [0.1, 0.15) is 25.0 Å². The van der Waals surface area contributed by atoms with Gasteiger partial charge in [0.05, 0.1) is 19.1 Å². The first kappa shape index (κ1) is 14.8. The number of rotatable bonds is 5. The number of carboxylic acids is 1. The normalized spacial score (nSPS) is 24.6. The Bertz CT molecular complexity index is 477. The summed E-state index contributed by atoms with van der Waals surface area (Å²) in [6, 6.07) is 7.27. The van der Waals surface area contributed by atoms with E-state index in [1.54, 1.807) is 13.2 Å². The Balaban J connectivity index is 2.01. The largest absolute Gasteiger partial charge is 0.497 e. The van der Waals surface area contributed by atoms with Gasteiger partial charge in [0, 0.05) is 12.6 Å². The van der Waals surface area contributed by atoms with Crippen LogP contribution in [0.15, 0.2) is 24.3 Å². The molecule has 2 rings (SSSR count). The first-order chi connectivity index (χ1) is 9.52. The number of benzene rings is 1. The van der Waals surface area contributed by atoms with E-state index in [0.717, 1.165) is 5.56 Å². The van der Waals surface area contributed by atoms with Crippen LogP contribution in [0.3, 0.4) is 0 Å². The van der Waals surface area contributed by atoms with E-state index in [0.29, 0.717) is 25.3 Å². The summed E-state index contributed by atoms with van der Waals surface area (Å²) in [6.45, 7) is 3.06. The van der Waals surface area contributed by atoms with Gasteiger partial charge in [0.15, 0.2) is 0 Å². The number of ether oxygens (including phenoxy) is 1. The second-order valence-corrected chi connectivity index (χ2v) is 5.26. The lowest BCUT2D eigenvalue weighted by atomic mass is 10.0. The number of carboxylic acid groups (broad SMARTS) is 1. The molecule has 0 saturated carbocycles. The zero-order valence-electron chi connectivity index (χ0n) is 11.8. The number of aliphatic hydroxyl groups excluding tert-OH is 1. The summed E-state index contributed by atoms with van der Waals surface area (Å²) in [6.07, 6.45) is 0.00141. The molecular formula is C15H21NO4. The molecule has 20 heavy (non-hydrogen) atoms. The third kappa shape index (κ3) is 3.11. The van der Waals surface area contributed by atoms with Gasteiger partial charge in [0.25, 0.3) is 0 Å². The molecule has 1 heterocycles. The minimum Gasteiger partial charge on any atom is -0.497 e. The second-order valence-electron chi connectivity index (χ2n) is 5.26. The van der Waals surface area contributed by atoms with Gasteiger partial charge in [-0.05, 0) is 37.6 Å². The molecule has 0 spiro atoms. The van der Waals surface area contributed by atoms with Crippen LogP contribution in [0.5, 0.6) is 5.75 Å². The van der Waals surface area contributed by atoms with Crippen LogP contribution in [0.25, 0.3) is 0 Å². The van der Waals surface area contributed by atoms with Crippen molar-refractivity contribution < 1.29 is 19.7 Å². The Morgan fingerprint density at radius 3 is 2.90 bits per heavy atom. The molecule has 1 aliphatic heterocycles. The van der Waals surface area contributed by atoms with Gasteiger partial charge in [0.1, 0.15) is 5.75 Å². The first-order valence-electron chi connectivity index (χ1n) is 6.81. The maximum Gasteiger partial charge on any atom is 0.308 e. The first-order valence-corrected chi connectivity index (χ1v) is 6.81. The zero-order chi connectivity index (χ0) is 14.7. The van der Waals surface area contributed by atoms with Gasteiger partial charge in [-0.2, -0.15) is 0 Å². The summed E-state index contributed by atoms with van der Waals surface area (Å²) in [7, 11) is 1.59. The number of nitrogens with zero attached hydrogens (tertiary/aromatic N) is 1. The second kappa shape index (κ2) is 6.24. The number of carbonyl (C=O) groups is 1. The Labute approximate surface area is 118 Å². The molecular weight excluding hydrogens is 258 g/mol. The molecule has 0 aromatic heterocycles. The molecule has 5 heteroatoms. The third-order valence-corrected chi connectivity index (χ3v) is 4.09. The van der Waals surface area contributed by atoms with E-state index >= 15 is 0 Å². The molecule has 1 saturated heterocycles. The molecule has 0 aliphatic carbocycles. The molecule has 1 aliphatic rings. The summed E-state index contributed by atoms with van der Waals surface area (Å²) in [4.78, 5) is 13.1. The van der Waals surface area contributed by atoms with Crippen LogP contribution >= 0.6 is 0 Å². The van der Waals surface area contributed by atoms with Crippen molar-refractivity contribution in [3.05, 3.63) is 29.8 Å². The highest BCUT2D eigenvalue weighted by Crippen LogP contribution is 2.27. The molecule has 0 amide bonds. The standard InChI is InChI=1S/C15H21NO4/c1-10-13(15(18)19)6-7-16(10)9-14(17)11-4-3-5-12(8-11)20-2/h3-5,8,10,13-14,17H,6-7,9H2,1-2H3,(H,18,19). The molecule has 5 nitrogen and oxygen atoms in total. The molecule has 0 radical (unpaired) electrons. The fourth-order valence-electron chi connectivity index (χ4n) is 2.77. The maximum atomic E-state index is 11.1. The van der Waals surface area contributed by atoms with Crippen molar-refractivity contribution in [1.29, 1.82) is 0 Å². The van der Waals surface area contributed by atoms with E-state index < -0.39 is 12.1 Å². The molecule has 3 atom stereocenters. The highest BCUT2D eigenvalue weighted by molar-refractivity contribution is 5.71. The number of β-amino-alcohol motifs (C(OH)–C–C–N with tert-alkyl or cyclic N) is 1. The molecule has 1 fully saturated rings. The average Bonchev–Trinajstić information content (AvgIpc) is 2.80. The summed E-state index contributed by atoms with van der Waals surface area (Å²) in [5, 5.41) is 19.4. The van der Waals surface area contributed by atoms with Gasteiger partial charge >= 0.3 is 5.97 Å². The minimum atomic E-state index is -0.754. The van der Waals surface area contributed by atoms with E-state index in [1.165, 1.54) is 0 Å². The predicted octanol–water partition coefficient (Wildman–Crippen LogP) is 1.52. The Morgan fingerprint density at radius 2 is 2.30 bits per heavy atom. The van der Waals surface area contributed by atoms with Gasteiger partial charge in [0.2, 0.25) is 0 Å². The Hall–Kier alpha value is -1.59. The van der Waals surface area contributed by atoms with Crippen molar-refractivity contribution in [2.24, 2.45) is 5.92 Å². The number of methoxy groups -OCH3 is 1. The monoisotopic (exact) mass is 279 g/mol. The smallest absolute Gasteiger partial charge is 0.308 e. The van der Waals surface area contributed by atoms with Crippen molar-refractivity contribution in [1.82, 2.24) is 4.90 Å². The molecule has 3 unspecified atom stereocenters. The molecule has 1 aromatic rings. The lowest BCUT2D eigenvalue weighted by Crippen LogP contribution is -2.35. The van der Waals surface area contributed by atoms with Crippen LogP contribution in [0.2, 0.25) is 0 Å². The lowest BCUT2D eigenvalue weighted by molar-refractivity contribution is -0.142. The highest BCUT2D eigenvalue weighted by atomic mass is 16.5. The van der Waals surface area contributed by atoms with E-state index in [-0.39, 0.29) is 12.0 Å². The Kier molecular flexibility index (Phi) is 4.62. The van der Waals surface area contributed by atoms with Crippen LogP contribution in [-0.2, 0) is 4.79 Å². The third-order valence-electron chi connectivity index (χ3n) is 4.09. The molecule has 1 aromatic carbocycles. The number of hydrogen-bond acceptors (Lipinski definition) is 4. The summed E-state index contributed by atoms with van der Waals surface area (Å²) in [5.41, 5.74) is 0.787. The maximum absolute atomic E-state index is 11.1. The number of aliphatic hydroxyl groups is 1. The van der Waals surface area contributed by atoms with Gasteiger partial charge in [-0.3, -0.25) is 9.69 Å². The van der Waals surface area contributed by atoms with Gasteiger partial charge in [-0.1, -0.05) is 12.1 Å². The molecule has 0 bridgehead atoms. The summed E-state index contributed by atoms with van der Waals surface area (Å²) >= 11 is 0. The number of likely N-dealkylation sites (tertiary alicyclic amines) is 1. The minimum absolute atomic E-state index is 0.0484. The fraction of sp³-hybridized carbons (Fsp3) is 0.533. The summed E-state index contributed by atoms with van der Waals surface area (Å²) < 4.78 is 5.14. The highest BCUT2D eigenvalue weighted by Gasteiger charge is 2.36. The topological polar surface area (TPSA) is 70.0 Å². The number of hydrogen-bond donors (Lipinski definition) is 2. The quantitative estimate of drug-likeness (QED) is 0.855. The fourth-order valence-corrected chi connectivity index (χ4v) is 2.77. The van der Waals surface area contributed by atoms with Crippen LogP contribution < -0.4 is 4.74 Å². The van der Waals surface area contributed by atoms with Crippen molar-refractivity contribution in [3.8, 4) is 5.75 Å². The van der Waals surface area contributed by atoms with Crippen molar-refractivity contribution in [2.45, 2.75) is 25.5 Å². The van der Waals surface area contributed by atoms with Gasteiger partial charge < -0.3 is 14.9 Å². The average molecular weight is 279 g/mol. The van der Waals surface area contributed by atoms with E-state index in [2.05, 4.69) is 0 Å². The number of aliphatic carboxylic acids is 1.